The van der Waals surface area contributed by atoms with Crippen molar-refractivity contribution < 1.29 is 8.95 Å². The summed E-state index contributed by atoms with van der Waals surface area (Å²) in [5.41, 5.74) is 0.317. The van der Waals surface area contributed by atoms with Gasteiger partial charge < -0.3 is 5.11 Å². The lowest BCUT2D eigenvalue weighted by Gasteiger charge is -1.89. The molecule has 6 heteroatoms. The van der Waals surface area contributed by atoms with E-state index in [4.69, 9.17) is 10.4 Å². The molecule has 0 heterocycles. The van der Waals surface area contributed by atoms with E-state index in [-0.39, 0.29) is 19.2 Å². The van der Waals surface area contributed by atoms with E-state index in [0.717, 1.165) is 0 Å². The summed E-state index contributed by atoms with van der Waals surface area (Å²) in [5.74, 6) is 0.0417. The Morgan fingerprint density at radius 1 is 1.31 bits per heavy atom. The van der Waals surface area contributed by atoms with Crippen molar-refractivity contribution in [1.82, 2.24) is 0 Å². The van der Waals surface area contributed by atoms with Crippen LogP contribution in [-0.2, 0) is 3.84 Å². The van der Waals surface area contributed by atoms with E-state index in [0.29, 0.717) is 5.56 Å². The summed E-state index contributed by atoms with van der Waals surface area (Å²) in [7, 11) is 0. The van der Waals surface area contributed by atoms with E-state index in [2.05, 4.69) is 27.6 Å². The van der Waals surface area contributed by atoms with Crippen molar-refractivity contribution in [2.75, 3.05) is 0 Å². The second-order valence-corrected chi connectivity index (χ2v) is 2.15. The Hall–Kier alpha value is -0.600. The fourth-order valence-corrected chi connectivity index (χ4v) is 0.568. The van der Waals surface area contributed by atoms with Gasteiger partial charge in [-0.05, 0) is 12.1 Å². The van der Waals surface area contributed by atoms with E-state index in [1.54, 1.807) is 18.2 Å². The number of benzene rings is 1. The third-order valence-corrected chi connectivity index (χ3v) is 1.02. The average Bonchev–Trinajstić information content (AvgIpc) is 2.07. The van der Waals surface area contributed by atoms with Crippen LogP contribution in [0.4, 0.5) is 0 Å². The highest BCUT2D eigenvalue weighted by Gasteiger charge is 1.93. The number of phenols is 1. The van der Waals surface area contributed by atoms with E-state index >= 15 is 0 Å². The van der Waals surface area contributed by atoms with E-state index in [9.17, 15) is 0 Å². The minimum Gasteiger partial charge on any atom is -0.507 e. The minimum atomic E-state index is 0. The number of nitrogens with zero attached hydrogens (tertiary/aromatic N) is 1. The SMILES string of the molecule is ClOCl.N#Cc1ccccc1O.S. The normalized spacial score (nSPS) is 7.15. The predicted octanol–water partition coefficient (Wildman–Crippen LogP) is 2.69. The number of para-hydroxylation sites is 1. The first-order valence-corrected chi connectivity index (χ1v) is 3.45. The van der Waals surface area contributed by atoms with Gasteiger partial charge in [-0.3, -0.25) is 0 Å². The molecule has 0 aliphatic carbocycles. The van der Waals surface area contributed by atoms with Crippen LogP contribution in [0, 0.1) is 11.3 Å². The molecule has 1 aromatic carbocycles. The predicted molar refractivity (Wildman–Crippen MR) is 56.0 cm³/mol. The Bertz CT molecular complexity index is 277. The summed E-state index contributed by atoms with van der Waals surface area (Å²) < 4.78 is 3.19. The first-order chi connectivity index (χ1) is 5.76. The number of aromatic hydroxyl groups is 1. The molecule has 72 valence electrons. The van der Waals surface area contributed by atoms with Crippen LogP contribution in [0.2, 0.25) is 0 Å². The van der Waals surface area contributed by atoms with E-state index < -0.39 is 0 Å². The Labute approximate surface area is 93.2 Å². The standard InChI is InChI=1S/C7H5NO.Cl2O.H2S/c8-5-6-3-1-2-4-7(6)9;1-3-2;/h1-4,9H;;1H2. The van der Waals surface area contributed by atoms with Gasteiger partial charge in [-0.1, -0.05) is 12.1 Å². The van der Waals surface area contributed by atoms with Crippen molar-refractivity contribution in [2.24, 2.45) is 0 Å². The van der Waals surface area contributed by atoms with Crippen molar-refractivity contribution in [3.63, 3.8) is 0 Å². The molecule has 0 atom stereocenters. The molecule has 0 radical (unpaired) electrons. The van der Waals surface area contributed by atoms with Gasteiger partial charge >= 0.3 is 0 Å². The van der Waals surface area contributed by atoms with Crippen LogP contribution in [0.3, 0.4) is 0 Å². The average molecular weight is 240 g/mol. The van der Waals surface area contributed by atoms with Gasteiger partial charge in [0.2, 0.25) is 0 Å². The van der Waals surface area contributed by atoms with Gasteiger partial charge in [-0.2, -0.15) is 22.6 Å². The molecule has 0 spiro atoms. The molecular formula is C7H7Cl2NO2S. The Morgan fingerprint density at radius 3 is 2.08 bits per heavy atom. The van der Waals surface area contributed by atoms with Crippen molar-refractivity contribution in [1.29, 1.82) is 5.26 Å². The van der Waals surface area contributed by atoms with E-state index in [1.165, 1.54) is 6.07 Å². The smallest absolute Gasteiger partial charge is 0.133 e. The van der Waals surface area contributed by atoms with Gasteiger partial charge in [0.1, 0.15) is 11.8 Å². The monoisotopic (exact) mass is 239 g/mol. The van der Waals surface area contributed by atoms with Gasteiger partial charge in [0.05, 0.1) is 29.3 Å². The van der Waals surface area contributed by atoms with Crippen LogP contribution >= 0.6 is 37.2 Å². The summed E-state index contributed by atoms with van der Waals surface area (Å²) in [6.45, 7) is 0. The van der Waals surface area contributed by atoms with Crippen LogP contribution in [-0.4, -0.2) is 5.11 Å². The van der Waals surface area contributed by atoms with Gasteiger partial charge in [-0.15, -0.1) is 0 Å². The van der Waals surface area contributed by atoms with Crippen LogP contribution in [0.1, 0.15) is 5.56 Å². The Kier molecular flexibility index (Phi) is 10.9. The number of hydrogen-bond donors (Lipinski definition) is 1. The van der Waals surface area contributed by atoms with Crippen molar-refractivity contribution in [2.45, 2.75) is 0 Å². The second kappa shape index (κ2) is 9.49. The lowest BCUT2D eigenvalue weighted by atomic mass is 10.2. The van der Waals surface area contributed by atoms with Gasteiger partial charge in [0.15, 0.2) is 0 Å². The molecule has 1 aromatic rings. The maximum Gasteiger partial charge on any atom is 0.133 e. The van der Waals surface area contributed by atoms with Crippen molar-refractivity contribution >= 4 is 37.2 Å². The maximum absolute atomic E-state index is 8.89. The highest BCUT2D eigenvalue weighted by molar-refractivity contribution is 7.59. The number of phenolic OH excluding ortho intramolecular Hbond substituents is 1. The highest BCUT2D eigenvalue weighted by atomic mass is 35.6. The number of nitriles is 1. The van der Waals surface area contributed by atoms with Crippen LogP contribution in [0.25, 0.3) is 0 Å². The van der Waals surface area contributed by atoms with Crippen LogP contribution in [0.5, 0.6) is 5.75 Å². The summed E-state index contributed by atoms with van der Waals surface area (Å²) in [6.07, 6.45) is 0. The van der Waals surface area contributed by atoms with E-state index in [1.807, 2.05) is 6.07 Å². The molecule has 1 rings (SSSR count). The molecule has 0 saturated heterocycles. The van der Waals surface area contributed by atoms with Gasteiger partial charge in [0, 0.05) is 0 Å². The zero-order chi connectivity index (χ0) is 9.40. The summed E-state index contributed by atoms with van der Waals surface area (Å²) >= 11 is 8.53. The Morgan fingerprint density at radius 2 is 1.77 bits per heavy atom. The molecular weight excluding hydrogens is 233 g/mol. The number of hydrogen-bond acceptors (Lipinski definition) is 3. The molecule has 0 unspecified atom stereocenters. The molecule has 0 aliphatic rings. The van der Waals surface area contributed by atoms with Gasteiger partial charge in [0.25, 0.3) is 0 Å². The molecule has 1 N–H and O–H groups in total. The zero-order valence-electron chi connectivity index (χ0n) is 6.37. The fraction of sp³-hybridized carbons (Fsp3) is 0. The third-order valence-electron chi connectivity index (χ3n) is 1.02. The van der Waals surface area contributed by atoms with Crippen molar-refractivity contribution in [3.8, 4) is 11.8 Å². The van der Waals surface area contributed by atoms with Crippen LogP contribution in [0.15, 0.2) is 24.3 Å². The molecule has 0 bridgehead atoms. The number of halogens is 2. The molecule has 0 saturated carbocycles. The lowest BCUT2D eigenvalue weighted by Crippen LogP contribution is -1.71. The lowest BCUT2D eigenvalue weighted by molar-refractivity contribution is 0.473. The maximum atomic E-state index is 8.89. The first kappa shape index (κ1) is 14.9. The first-order valence-electron chi connectivity index (χ1n) is 2.83. The zero-order valence-corrected chi connectivity index (χ0v) is 8.88. The highest BCUT2D eigenvalue weighted by Crippen LogP contribution is 2.12. The topological polar surface area (TPSA) is 53.2 Å². The molecule has 13 heavy (non-hydrogen) atoms. The van der Waals surface area contributed by atoms with Gasteiger partial charge in [-0.25, -0.2) is 0 Å². The second-order valence-electron chi connectivity index (χ2n) is 1.69. The fourth-order valence-electron chi connectivity index (χ4n) is 0.568. The molecule has 0 aromatic heterocycles. The molecule has 0 aliphatic heterocycles. The van der Waals surface area contributed by atoms with Crippen LogP contribution < -0.4 is 0 Å². The largest absolute Gasteiger partial charge is 0.507 e. The molecule has 0 amide bonds. The quantitative estimate of drug-likeness (QED) is 0.758. The molecule has 3 nitrogen and oxygen atoms in total. The molecule has 0 fully saturated rings. The van der Waals surface area contributed by atoms with Crippen molar-refractivity contribution in [3.05, 3.63) is 29.8 Å². The summed E-state index contributed by atoms with van der Waals surface area (Å²) in [6, 6.07) is 8.28. The summed E-state index contributed by atoms with van der Waals surface area (Å²) in [4.78, 5) is 0. The Balaban J connectivity index is 0. The minimum absolute atomic E-state index is 0. The summed E-state index contributed by atoms with van der Waals surface area (Å²) in [5, 5.41) is 17.2. The number of rotatable bonds is 0. The third kappa shape index (κ3) is 6.55.